The van der Waals surface area contributed by atoms with Gasteiger partial charge in [-0.15, -0.1) is 0 Å². The Balaban J connectivity index is 2.05. The molecule has 1 unspecified atom stereocenters. The smallest absolute Gasteiger partial charge is 0.348 e. The van der Waals surface area contributed by atoms with Crippen LogP contribution in [0.3, 0.4) is 0 Å². The van der Waals surface area contributed by atoms with Gasteiger partial charge >= 0.3 is 11.9 Å². The third-order valence-electron chi connectivity index (χ3n) is 4.88. The molecular weight excluding hydrogens is 332 g/mol. The van der Waals surface area contributed by atoms with Crippen molar-refractivity contribution < 1.29 is 24.2 Å². The molecular formula is C21H30O5. The molecule has 0 heterocycles. The molecule has 1 aliphatic rings. The molecule has 0 amide bonds. The molecule has 144 valence electrons. The van der Waals surface area contributed by atoms with Crippen LogP contribution in [-0.2, 0) is 19.1 Å². The zero-order valence-corrected chi connectivity index (χ0v) is 16.4. The van der Waals surface area contributed by atoms with E-state index in [0.29, 0.717) is 12.8 Å². The van der Waals surface area contributed by atoms with Gasteiger partial charge in [0.1, 0.15) is 0 Å². The zero-order valence-electron chi connectivity index (χ0n) is 16.4. The molecule has 1 aromatic carbocycles. The minimum atomic E-state index is -1.45. The van der Waals surface area contributed by atoms with E-state index >= 15 is 0 Å². The first-order valence-electron chi connectivity index (χ1n) is 9.23. The van der Waals surface area contributed by atoms with Crippen LogP contribution in [0.2, 0.25) is 0 Å². The normalized spacial score (nSPS) is 24.7. The van der Waals surface area contributed by atoms with Crippen LogP contribution in [0, 0.1) is 6.92 Å². The van der Waals surface area contributed by atoms with Crippen LogP contribution in [0.4, 0.5) is 0 Å². The zero-order chi connectivity index (χ0) is 19.5. The average molecular weight is 362 g/mol. The third-order valence-corrected chi connectivity index (χ3v) is 4.88. The first kappa shape index (κ1) is 20.4. The van der Waals surface area contributed by atoms with E-state index in [9.17, 15) is 14.7 Å². The number of carbonyl (C=O) groups is 2. The van der Waals surface area contributed by atoms with Crippen LogP contribution in [0.15, 0.2) is 24.3 Å². The van der Waals surface area contributed by atoms with Crippen molar-refractivity contribution in [2.24, 2.45) is 0 Å². The number of esters is 1. The summed E-state index contributed by atoms with van der Waals surface area (Å²) in [7, 11) is 0. The van der Waals surface area contributed by atoms with Gasteiger partial charge < -0.3 is 14.6 Å². The molecule has 0 spiro atoms. The topological polar surface area (TPSA) is 72.8 Å². The molecule has 1 aliphatic carbocycles. The highest BCUT2D eigenvalue weighted by Crippen LogP contribution is 2.36. The summed E-state index contributed by atoms with van der Waals surface area (Å²) in [4.78, 5) is 24.5. The van der Waals surface area contributed by atoms with Gasteiger partial charge in [-0.3, -0.25) is 4.79 Å². The highest BCUT2D eigenvalue weighted by atomic mass is 16.6. The highest BCUT2D eigenvalue weighted by molar-refractivity contribution is 5.84. The predicted molar refractivity (Wildman–Crippen MR) is 99.1 cm³/mol. The molecule has 5 heteroatoms. The number of hydrogen-bond acceptors (Lipinski definition) is 4. The summed E-state index contributed by atoms with van der Waals surface area (Å²) < 4.78 is 11.5. The quantitative estimate of drug-likeness (QED) is 0.794. The maximum Gasteiger partial charge on any atom is 0.348 e. The Labute approximate surface area is 155 Å². The largest absolute Gasteiger partial charge is 0.478 e. The number of carbonyl (C=O) groups excluding carboxylic acids is 1. The molecule has 1 fully saturated rings. The van der Waals surface area contributed by atoms with E-state index in [1.54, 1.807) is 6.92 Å². The molecule has 0 aromatic heterocycles. The lowest BCUT2D eigenvalue weighted by molar-refractivity contribution is -0.189. The molecule has 26 heavy (non-hydrogen) atoms. The maximum atomic E-state index is 12.6. The summed E-state index contributed by atoms with van der Waals surface area (Å²) in [6, 6.07) is 7.62. The van der Waals surface area contributed by atoms with Crippen molar-refractivity contribution >= 4 is 11.9 Å². The number of rotatable bonds is 5. The Morgan fingerprint density at radius 3 is 2.15 bits per heavy atom. The summed E-state index contributed by atoms with van der Waals surface area (Å²) in [5.74, 6) is -2.07. The molecule has 0 aliphatic heterocycles. The van der Waals surface area contributed by atoms with Crippen LogP contribution in [0.5, 0.6) is 0 Å². The van der Waals surface area contributed by atoms with Crippen LogP contribution < -0.4 is 0 Å². The predicted octanol–water partition coefficient (Wildman–Crippen LogP) is 4.22. The molecule has 2 rings (SSSR count). The second-order valence-corrected chi connectivity index (χ2v) is 8.28. The van der Waals surface area contributed by atoms with E-state index in [1.165, 1.54) is 0 Å². The van der Waals surface area contributed by atoms with E-state index < -0.39 is 23.5 Å². The van der Waals surface area contributed by atoms with Gasteiger partial charge in [0.15, 0.2) is 0 Å². The average Bonchev–Trinajstić information content (AvgIpc) is 2.55. The Morgan fingerprint density at radius 1 is 1.15 bits per heavy atom. The van der Waals surface area contributed by atoms with Crippen molar-refractivity contribution in [1.29, 1.82) is 0 Å². The van der Waals surface area contributed by atoms with Gasteiger partial charge in [-0.25, -0.2) is 4.79 Å². The lowest BCUT2D eigenvalue weighted by atomic mass is 9.82. The lowest BCUT2D eigenvalue weighted by Crippen LogP contribution is -2.48. The number of ether oxygens (including phenoxy) is 2. The van der Waals surface area contributed by atoms with Gasteiger partial charge in [0, 0.05) is 12.8 Å². The summed E-state index contributed by atoms with van der Waals surface area (Å²) >= 11 is 0. The maximum absolute atomic E-state index is 12.6. The summed E-state index contributed by atoms with van der Waals surface area (Å²) in [5, 5.41) is 9.73. The van der Waals surface area contributed by atoms with E-state index in [0.717, 1.165) is 11.1 Å². The van der Waals surface area contributed by atoms with Gasteiger partial charge in [-0.05, 0) is 53.0 Å². The third kappa shape index (κ3) is 5.07. The molecule has 0 saturated heterocycles. The fraction of sp³-hybridized carbons (Fsp3) is 0.619. The Morgan fingerprint density at radius 2 is 1.69 bits per heavy atom. The number of carboxylic acids is 1. The van der Waals surface area contributed by atoms with Crippen LogP contribution in [0.25, 0.3) is 0 Å². The Kier molecular flexibility index (Phi) is 6.12. The molecule has 0 radical (unpaired) electrons. The first-order valence-corrected chi connectivity index (χ1v) is 9.23. The van der Waals surface area contributed by atoms with Crippen LogP contribution >= 0.6 is 0 Å². The Bertz CT molecular complexity index is 633. The SMILES string of the molecule is Cc1ccc(C(C)C(=O)OC2(C(=O)O)CCC(OC(C)(C)C)CC2)cc1. The number of benzene rings is 1. The number of aryl methyl sites for hydroxylation is 1. The second-order valence-electron chi connectivity index (χ2n) is 8.28. The van der Waals surface area contributed by atoms with Crippen molar-refractivity contribution in [2.75, 3.05) is 0 Å². The van der Waals surface area contributed by atoms with Crippen molar-refractivity contribution in [2.45, 2.75) is 83.5 Å². The number of carboxylic acid groups (broad SMARTS) is 1. The van der Waals surface area contributed by atoms with Gasteiger partial charge in [0.25, 0.3) is 0 Å². The fourth-order valence-corrected chi connectivity index (χ4v) is 3.31. The van der Waals surface area contributed by atoms with E-state index in [2.05, 4.69) is 0 Å². The monoisotopic (exact) mass is 362 g/mol. The van der Waals surface area contributed by atoms with E-state index in [4.69, 9.17) is 9.47 Å². The minimum absolute atomic E-state index is 0.00398. The minimum Gasteiger partial charge on any atom is -0.478 e. The highest BCUT2D eigenvalue weighted by Gasteiger charge is 2.47. The van der Waals surface area contributed by atoms with Crippen molar-refractivity contribution in [3.8, 4) is 0 Å². The van der Waals surface area contributed by atoms with Crippen LogP contribution in [0.1, 0.15) is 70.4 Å². The molecule has 0 bridgehead atoms. The van der Waals surface area contributed by atoms with E-state index in [-0.39, 0.29) is 24.5 Å². The van der Waals surface area contributed by atoms with Crippen molar-refractivity contribution in [1.82, 2.24) is 0 Å². The standard InChI is InChI=1S/C21H30O5/c1-14-6-8-16(9-7-14)15(2)18(22)26-21(19(23)24)12-10-17(11-13-21)25-20(3,4)5/h6-9,15,17H,10-13H2,1-5H3,(H,23,24). The van der Waals surface area contributed by atoms with Crippen LogP contribution in [-0.4, -0.2) is 34.4 Å². The molecule has 1 saturated carbocycles. The van der Waals surface area contributed by atoms with E-state index in [1.807, 2.05) is 52.0 Å². The summed E-state index contributed by atoms with van der Waals surface area (Å²) in [6.07, 6.45) is 1.67. The second kappa shape index (κ2) is 7.78. The summed E-state index contributed by atoms with van der Waals surface area (Å²) in [6.45, 7) is 9.67. The van der Waals surface area contributed by atoms with Gasteiger partial charge in [-0.1, -0.05) is 29.8 Å². The van der Waals surface area contributed by atoms with Gasteiger partial charge in [-0.2, -0.15) is 0 Å². The lowest BCUT2D eigenvalue weighted by Gasteiger charge is -2.38. The molecule has 5 nitrogen and oxygen atoms in total. The van der Waals surface area contributed by atoms with Gasteiger partial charge in [0.2, 0.25) is 5.60 Å². The number of hydrogen-bond donors (Lipinski definition) is 1. The first-order chi connectivity index (χ1) is 12.0. The van der Waals surface area contributed by atoms with Crippen molar-refractivity contribution in [3.63, 3.8) is 0 Å². The Hall–Kier alpha value is -1.88. The fourth-order valence-electron chi connectivity index (χ4n) is 3.31. The number of aliphatic carboxylic acids is 1. The molecule has 1 aromatic rings. The molecule has 1 N–H and O–H groups in total. The molecule has 1 atom stereocenters. The van der Waals surface area contributed by atoms with Crippen molar-refractivity contribution in [3.05, 3.63) is 35.4 Å². The summed E-state index contributed by atoms with van der Waals surface area (Å²) in [5.41, 5.74) is 0.206. The van der Waals surface area contributed by atoms with Gasteiger partial charge in [0.05, 0.1) is 17.6 Å².